The summed E-state index contributed by atoms with van der Waals surface area (Å²) < 4.78 is 38.7. The number of allylic oxidation sites excluding steroid dienone is 2. The van der Waals surface area contributed by atoms with E-state index in [0.717, 1.165) is 6.26 Å². The smallest absolute Gasteiger partial charge is 0.435 e. The molecule has 0 aliphatic carbocycles. The third-order valence-electron chi connectivity index (χ3n) is 1.62. The van der Waals surface area contributed by atoms with E-state index in [-0.39, 0.29) is 6.29 Å². The largest absolute Gasteiger partial charge is 0.504 e. The lowest BCUT2D eigenvalue weighted by atomic mass is 10.5. The van der Waals surface area contributed by atoms with Gasteiger partial charge in [0.1, 0.15) is 0 Å². The van der Waals surface area contributed by atoms with Crippen molar-refractivity contribution in [1.82, 2.24) is 0 Å². The Bertz CT molecular complexity index is 504. The van der Waals surface area contributed by atoms with Gasteiger partial charge in [-0.3, -0.25) is 4.79 Å². The summed E-state index contributed by atoms with van der Waals surface area (Å²) in [5.41, 5.74) is 0. The van der Waals surface area contributed by atoms with Crippen LogP contribution in [0.4, 0.5) is 0 Å². The van der Waals surface area contributed by atoms with E-state index in [0.29, 0.717) is 0 Å². The molecule has 19 heavy (non-hydrogen) atoms. The van der Waals surface area contributed by atoms with Crippen molar-refractivity contribution in [2.24, 2.45) is 0 Å². The molecule has 3 N–H and O–H groups in total. The van der Waals surface area contributed by atoms with Crippen LogP contribution in [0, 0.1) is 0 Å². The molecule has 0 fully saturated rings. The molecular weight excluding hydrogens is 288 g/mol. The van der Waals surface area contributed by atoms with Gasteiger partial charge in [-0.2, -0.15) is 0 Å². The van der Waals surface area contributed by atoms with Crippen LogP contribution in [0.25, 0.3) is 0 Å². The highest BCUT2D eigenvalue weighted by Crippen LogP contribution is 2.28. The van der Waals surface area contributed by atoms with Crippen LogP contribution in [-0.2, 0) is 33.0 Å². The molecule has 108 valence electrons. The van der Waals surface area contributed by atoms with Crippen LogP contribution < -0.4 is 0 Å². The Morgan fingerprint density at radius 3 is 2.47 bits per heavy atom. The summed E-state index contributed by atoms with van der Waals surface area (Å²) in [5, 5.41) is 27.4. The highest BCUT2D eigenvalue weighted by molar-refractivity contribution is 7.82. The number of hydrogen-bond donors (Lipinski definition) is 3. The summed E-state index contributed by atoms with van der Waals surface area (Å²) in [6.45, 7) is 1.47. The standard InChI is InChI=1S/C8H10O10S/c1-2-3-15-8(12,7(10)11)16-6-5(4-9)17-19(13,14)18-6/h2-4,7,10-12H,1H3/b3-2+. The number of aldehydes is 1. The number of aliphatic hydroxyl groups excluding tert-OH is 1. The van der Waals surface area contributed by atoms with E-state index in [2.05, 4.69) is 17.8 Å². The first-order valence-corrected chi connectivity index (χ1v) is 5.97. The minimum atomic E-state index is -4.55. The fraction of sp³-hybridized carbons (Fsp3) is 0.375. The SMILES string of the molecule is C/C=C/OC(O)(OC1=C(C=O)OS(=O)(=O)O1)C(O)O. The van der Waals surface area contributed by atoms with Crippen LogP contribution in [0.3, 0.4) is 0 Å². The maximum absolute atomic E-state index is 10.9. The van der Waals surface area contributed by atoms with Crippen LogP contribution in [0.1, 0.15) is 6.92 Å². The van der Waals surface area contributed by atoms with Crippen molar-refractivity contribution in [3.63, 3.8) is 0 Å². The van der Waals surface area contributed by atoms with Crippen LogP contribution in [0.5, 0.6) is 0 Å². The fourth-order valence-corrected chi connectivity index (χ4v) is 1.53. The molecule has 0 aromatic carbocycles. The van der Waals surface area contributed by atoms with Gasteiger partial charge < -0.3 is 33.2 Å². The molecule has 1 heterocycles. The van der Waals surface area contributed by atoms with Gasteiger partial charge in [0.05, 0.1) is 6.26 Å². The van der Waals surface area contributed by atoms with E-state index >= 15 is 0 Å². The number of rotatable bonds is 6. The lowest BCUT2D eigenvalue weighted by Crippen LogP contribution is -2.46. The summed E-state index contributed by atoms with van der Waals surface area (Å²) in [4.78, 5) is 10.5. The van der Waals surface area contributed by atoms with Gasteiger partial charge in [0.25, 0.3) is 12.0 Å². The topological polar surface area (TPSA) is 149 Å². The number of carbonyl (C=O) groups excluding carboxylic acids is 1. The number of hydrogen-bond acceptors (Lipinski definition) is 10. The summed E-state index contributed by atoms with van der Waals surface area (Å²) in [7, 11) is -4.55. The van der Waals surface area contributed by atoms with Gasteiger partial charge in [-0.25, -0.2) is 0 Å². The normalized spacial score (nSPS) is 20.9. The van der Waals surface area contributed by atoms with E-state index in [1.807, 2.05) is 0 Å². The Hall–Kier alpha value is -1.82. The lowest BCUT2D eigenvalue weighted by molar-refractivity contribution is -0.408. The zero-order valence-corrected chi connectivity index (χ0v) is 10.2. The van der Waals surface area contributed by atoms with Crippen molar-refractivity contribution >= 4 is 16.7 Å². The predicted octanol–water partition coefficient (Wildman–Crippen LogP) is -1.83. The second kappa shape index (κ2) is 5.44. The van der Waals surface area contributed by atoms with Gasteiger partial charge in [0, 0.05) is 0 Å². The predicted molar refractivity (Wildman–Crippen MR) is 54.3 cm³/mol. The second-order valence-corrected chi connectivity index (χ2v) is 4.19. The average molecular weight is 298 g/mol. The van der Waals surface area contributed by atoms with Crippen LogP contribution >= 0.6 is 0 Å². The molecule has 0 saturated heterocycles. The van der Waals surface area contributed by atoms with E-state index < -0.39 is 34.4 Å². The Labute approximate surface area is 107 Å². The second-order valence-electron chi connectivity index (χ2n) is 3.04. The summed E-state index contributed by atoms with van der Waals surface area (Å²) >= 11 is 0. The van der Waals surface area contributed by atoms with Gasteiger partial charge >= 0.3 is 22.3 Å². The molecule has 10 nitrogen and oxygen atoms in total. The van der Waals surface area contributed by atoms with Crippen molar-refractivity contribution in [3.8, 4) is 0 Å². The zero-order chi connectivity index (χ0) is 14.7. The molecule has 0 bridgehead atoms. The highest BCUT2D eigenvalue weighted by atomic mass is 32.3. The van der Waals surface area contributed by atoms with Crippen LogP contribution in [0.15, 0.2) is 24.0 Å². The number of ether oxygens (including phenoxy) is 2. The summed E-state index contributed by atoms with van der Waals surface area (Å²) in [5.74, 6) is -5.13. The molecule has 1 atom stereocenters. The van der Waals surface area contributed by atoms with Crippen molar-refractivity contribution in [2.75, 3.05) is 0 Å². The number of carbonyl (C=O) groups is 1. The molecule has 1 aliphatic heterocycles. The third kappa shape index (κ3) is 3.57. The van der Waals surface area contributed by atoms with E-state index in [9.17, 15) is 18.3 Å². The molecule has 11 heteroatoms. The first-order chi connectivity index (χ1) is 8.74. The molecule has 0 aromatic heterocycles. The minimum absolute atomic E-state index is 0.0836. The van der Waals surface area contributed by atoms with Crippen molar-refractivity contribution in [3.05, 3.63) is 24.0 Å². The average Bonchev–Trinajstić information content (AvgIpc) is 2.60. The van der Waals surface area contributed by atoms with Crippen molar-refractivity contribution in [2.45, 2.75) is 19.2 Å². The maximum atomic E-state index is 10.9. The molecule has 0 spiro atoms. The molecule has 0 aromatic rings. The first kappa shape index (κ1) is 15.2. The van der Waals surface area contributed by atoms with Gasteiger partial charge in [-0.1, -0.05) is 6.08 Å². The Balaban J connectivity index is 3.00. The van der Waals surface area contributed by atoms with Crippen LogP contribution in [-0.4, -0.2) is 42.3 Å². The number of aliphatic hydroxyl groups is 3. The van der Waals surface area contributed by atoms with E-state index in [1.165, 1.54) is 13.0 Å². The van der Waals surface area contributed by atoms with Gasteiger partial charge in [0.2, 0.25) is 0 Å². The van der Waals surface area contributed by atoms with Gasteiger partial charge in [-0.05, 0) is 6.92 Å². The Morgan fingerprint density at radius 1 is 1.37 bits per heavy atom. The fourth-order valence-electron chi connectivity index (χ4n) is 0.866. The van der Waals surface area contributed by atoms with E-state index in [1.54, 1.807) is 0 Å². The van der Waals surface area contributed by atoms with E-state index in [4.69, 9.17) is 10.2 Å². The lowest BCUT2D eigenvalue weighted by Gasteiger charge is -2.27. The first-order valence-electron chi connectivity index (χ1n) is 4.64. The van der Waals surface area contributed by atoms with Crippen LogP contribution in [0.2, 0.25) is 0 Å². The molecule has 0 amide bonds. The third-order valence-corrected chi connectivity index (χ3v) is 2.36. The van der Waals surface area contributed by atoms with Crippen molar-refractivity contribution < 1.29 is 46.4 Å². The molecule has 1 unspecified atom stereocenters. The molecule has 0 radical (unpaired) electrons. The molecule has 0 saturated carbocycles. The molecular formula is C8H10O10S. The summed E-state index contributed by atoms with van der Waals surface area (Å²) in [6.07, 6.45) is -0.602. The monoisotopic (exact) mass is 298 g/mol. The Kier molecular flexibility index (Phi) is 4.36. The maximum Gasteiger partial charge on any atom is 0.504 e. The van der Waals surface area contributed by atoms with Crippen molar-refractivity contribution in [1.29, 1.82) is 0 Å². The Morgan fingerprint density at radius 2 is 2.00 bits per heavy atom. The molecule has 1 aliphatic rings. The minimum Gasteiger partial charge on any atom is -0.435 e. The molecule has 1 rings (SSSR count). The summed E-state index contributed by atoms with van der Waals surface area (Å²) in [6, 6.07) is 0. The highest BCUT2D eigenvalue weighted by Gasteiger charge is 2.45. The van der Waals surface area contributed by atoms with Gasteiger partial charge in [-0.15, -0.1) is 8.42 Å². The quantitative estimate of drug-likeness (QED) is 0.290. The van der Waals surface area contributed by atoms with Gasteiger partial charge in [0.15, 0.2) is 6.29 Å². The zero-order valence-electron chi connectivity index (χ0n) is 9.42.